The molecule has 142 valence electrons. The molecule has 2 unspecified atom stereocenters. The highest BCUT2D eigenvalue weighted by Crippen LogP contribution is 2.61. The minimum absolute atomic E-state index is 0.0242. The van der Waals surface area contributed by atoms with Gasteiger partial charge in [-0.2, -0.15) is 0 Å². The summed E-state index contributed by atoms with van der Waals surface area (Å²) < 4.78 is 0. The lowest BCUT2D eigenvalue weighted by Gasteiger charge is -2.57. The third kappa shape index (κ3) is 3.39. The summed E-state index contributed by atoms with van der Waals surface area (Å²) in [5.41, 5.74) is 4.22. The van der Waals surface area contributed by atoms with Crippen LogP contribution in [-0.2, 0) is 4.79 Å². The standard InChI is InChI=1S/C23H38O2/c1-14(2)18(13-24)17(5)20(25)19-15(3)12-16(4)21-22(6,7)10-9-11-23(19,21)8/h14,16,21,24H,9-13H2,1-8H3/b18-17+/t16?,21?,23-/m1/s1. The van der Waals surface area contributed by atoms with Crippen molar-refractivity contribution in [2.24, 2.45) is 28.6 Å². The highest BCUT2D eigenvalue weighted by molar-refractivity contribution is 6.10. The second-order valence-corrected chi connectivity index (χ2v) is 9.87. The molecule has 25 heavy (non-hydrogen) atoms. The van der Waals surface area contributed by atoms with Gasteiger partial charge in [-0.05, 0) is 72.8 Å². The molecule has 1 saturated carbocycles. The summed E-state index contributed by atoms with van der Waals surface area (Å²) in [5, 5.41) is 9.78. The predicted octanol–water partition coefficient (Wildman–Crippen LogP) is 5.71. The van der Waals surface area contributed by atoms with E-state index in [0.29, 0.717) is 11.8 Å². The molecule has 0 aliphatic heterocycles. The Hall–Kier alpha value is -0.890. The third-order valence-electron chi connectivity index (χ3n) is 7.16. The maximum Gasteiger partial charge on any atom is 0.185 e. The van der Waals surface area contributed by atoms with Crippen LogP contribution in [0.3, 0.4) is 0 Å². The summed E-state index contributed by atoms with van der Waals surface area (Å²) >= 11 is 0. The first-order valence-electron chi connectivity index (χ1n) is 10.0. The van der Waals surface area contributed by atoms with Gasteiger partial charge in [0.2, 0.25) is 0 Å². The summed E-state index contributed by atoms with van der Waals surface area (Å²) in [6, 6.07) is 0. The Morgan fingerprint density at radius 1 is 1.24 bits per heavy atom. The zero-order valence-corrected chi connectivity index (χ0v) is 17.6. The highest BCUT2D eigenvalue weighted by atomic mass is 16.3. The zero-order valence-electron chi connectivity index (χ0n) is 17.6. The van der Waals surface area contributed by atoms with Crippen molar-refractivity contribution in [2.45, 2.75) is 81.1 Å². The minimum Gasteiger partial charge on any atom is -0.392 e. The van der Waals surface area contributed by atoms with Crippen LogP contribution in [0.25, 0.3) is 0 Å². The normalized spacial score (nSPS) is 33.2. The number of Topliss-reactive ketones (excluding diaryl/α,β-unsaturated/α-hetero) is 1. The van der Waals surface area contributed by atoms with E-state index >= 15 is 0 Å². The smallest absolute Gasteiger partial charge is 0.185 e. The van der Waals surface area contributed by atoms with Crippen LogP contribution in [0.2, 0.25) is 0 Å². The van der Waals surface area contributed by atoms with Crippen molar-refractivity contribution in [3.05, 3.63) is 22.3 Å². The fourth-order valence-corrected chi connectivity index (χ4v) is 6.47. The number of rotatable bonds is 4. The number of aliphatic hydroxyl groups is 1. The SMILES string of the molecule is CC1=C(C(=O)/C(C)=C(\CO)C(C)C)[C@@]2(C)CCCC(C)(C)C2C(C)C1. The van der Waals surface area contributed by atoms with Crippen molar-refractivity contribution in [1.82, 2.24) is 0 Å². The maximum absolute atomic E-state index is 13.6. The first kappa shape index (κ1) is 20.4. The van der Waals surface area contributed by atoms with Crippen LogP contribution in [0.4, 0.5) is 0 Å². The molecule has 0 radical (unpaired) electrons. The Morgan fingerprint density at radius 2 is 1.84 bits per heavy atom. The van der Waals surface area contributed by atoms with Crippen LogP contribution < -0.4 is 0 Å². The van der Waals surface area contributed by atoms with Crippen molar-refractivity contribution in [2.75, 3.05) is 6.61 Å². The Bertz CT molecular complexity index is 606. The van der Waals surface area contributed by atoms with E-state index in [9.17, 15) is 9.90 Å². The predicted molar refractivity (Wildman–Crippen MR) is 105 cm³/mol. The Kier molecular flexibility index (Phi) is 5.74. The van der Waals surface area contributed by atoms with E-state index in [1.807, 2.05) is 6.92 Å². The summed E-state index contributed by atoms with van der Waals surface area (Å²) in [5.74, 6) is 1.54. The van der Waals surface area contributed by atoms with E-state index < -0.39 is 0 Å². The van der Waals surface area contributed by atoms with E-state index in [4.69, 9.17) is 0 Å². The van der Waals surface area contributed by atoms with Gasteiger partial charge in [0.15, 0.2) is 5.78 Å². The molecule has 0 spiro atoms. The third-order valence-corrected chi connectivity index (χ3v) is 7.16. The molecule has 0 aromatic carbocycles. The molecule has 1 fully saturated rings. The van der Waals surface area contributed by atoms with Gasteiger partial charge in [0.25, 0.3) is 0 Å². The van der Waals surface area contributed by atoms with Crippen molar-refractivity contribution in [1.29, 1.82) is 0 Å². The average Bonchev–Trinajstić information content (AvgIpc) is 2.44. The van der Waals surface area contributed by atoms with Gasteiger partial charge in [0.1, 0.15) is 0 Å². The van der Waals surface area contributed by atoms with Crippen LogP contribution in [0, 0.1) is 28.6 Å². The van der Waals surface area contributed by atoms with E-state index in [0.717, 1.165) is 29.6 Å². The summed E-state index contributed by atoms with van der Waals surface area (Å²) in [6.45, 7) is 17.7. The van der Waals surface area contributed by atoms with Gasteiger partial charge in [-0.3, -0.25) is 4.79 Å². The number of aliphatic hydroxyl groups excluding tert-OH is 1. The summed E-state index contributed by atoms with van der Waals surface area (Å²) in [7, 11) is 0. The van der Waals surface area contributed by atoms with Gasteiger partial charge in [-0.25, -0.2) is 0 Å². The van der Waals surface area contributed by atoms with Crippen LogP contribution in [0.15, 0.2) is 22.3 Å². The van der Waals surface area contributed by atoms with Crippen LogP contribution in [0.5, 0.6) is 0 Å². The van der Waals surface area contributed by atoms with Gasteiger partial charge < -0.3 is 5.11 Å². The number of hydrogen-bond acceptors (Lipinski definition) is 2. The first-order valence-corrected chi connectivity index (χ1v) is 10.0. The van der Waals surface area contributed by atoms with E-state index in [2.05, 4.69) is 48.5 Å². The number of carbonyl (C=O) groups excluding carboxylic acids is 1. The number of carbonyl (C=O) groups is 1. The molecular formula is C23H38O2. The second kappa shape index (κ2) is 7.02. The monoisotopic (exact) mass is 346 g/mol. The van der Waals surface area contributed by atoms with E-state index in [1.54, 1.807) is 0 Å². The van der Waals surface area contributed by atoms with Crippen molar-refractivity contribution >= 4 is 5.78 Å². The lowest BCUT2D eigenvalue weighted by Crippen LogP contribution is -2.50. The fourth-order valence-electron chi connectivity index (χ4n) is 6.47. The molecular weight excluding hydrogens is 308 g/mol. The largest absolute Gasteiger partial charge is 0.392 e. The fraction of sp³-hybridized carbons (Fsp3) is 0.783. The number of fused-ring (bicyclic) bond motifs is 1. The van der Waals surface area contributed by atoms with Gasteiger partial charge in [-0.1, -0.05) is 53.5 Å². The second-order valence-electron chi connectivity index (χ2n) is 9.87. The van der Waals surface area contributed by atoms with E-state index in [1.165, 1.54) is 18.4 Å². The molecule has 2 heteroatoms. The number of ketones is 1. The topological polar surface area (TPSA) is 37.3 Å². The van der Waals surface area contributed by atoms with E-state index in [-0.39, 0.29) is 29.1 Å². The molecule has 2 nitrogen and oxygen atoms in total. The summed E-state index contributed by atoms with van der Waals surface area (Å²) in [4.78, 5) is 13.6. The molecule has 2 rings (SSSR count). The van der Waals surface area contributed by atoms with Gasteiger partial charge in [0, 0.05) is 5.57 Å². The lowest BCUT2D eigenvalue weighted by molar-refractivity contribution is -0.116. The number of allylic oxidation sites excluding steroid dienone is 3. The molecule has 0 aromatic rings. The molecule has 0 amide bonds. The van der Waals surface area contributed by atoms with Gasteiger partial charge in [0.05, 0.1) is 6.61 Å². The van der Waals surface area contributed by atoms with Crippen molar-refractivity contribution in [3.8, 4) is 0 Å². The molecule has 0 bridgehead atoms. The highest BCUT2D eigenvalue weighted by Gasteiger charge is 2.54. The molecule has 1 N–H and O–H groups in total. The number of hydrogen-bond donors (Lipinski definition) is 1. The minimum atomic E-state index is -0.0423. The average molecular weight is 347 g/mol. The van der Waals surface area contributed by atoms with Gasteiger partial charge in [-0.15, -0.1) is 0 Å². The molecule has 3 atom stereocenters. The Balaban J connectivity index is 2.59. The molecule has 0 saturated heterocycles. The van der Waals surface area contributed by atoms with Crippen molar-refractivity contribution in [3.63, 3.8) is 0 Å². The van der Waals surface area contributed by atoms with Crippen LogP contribution in [-0.4, -0.2) is 17.5 Å². The quantitative estimate of drug-likeness (QED) is 0.662. The molecule has 2 aliphatic carbocycles. The molecule has 0 heterocycles. The van der Waals surface area contributed by atoms with Crippen molar-refractivity contribution < 1.29 is 9.90 Å². The Morgan fingerprint density at radius 3 is 2.36 bits per heavy atom. The van der Waals surface area contributed by atoms with Crippen LogP contribution in [0.1, 0.15) is 81.1 Å². The maximum atomic E-state index is 13.6. The lowest BCUT2D eigenvalue weighted by atomic mass is 9.47. The van der Waals surface area contributed by atoms with Gasteiger partial charge >= 0.3 is 0 Å². The summed E-state index contributed by atoms with van der Waals surface area (Å²) in [6.07, 6.45) is 4.57. The Labute approximate surface area is 154 Å². The van der Waals surface area contributed by atoms with Crippen LogP contribution >= 0.6 is 0 Å². The molecule has 0 aromatic heterocycles. The first-order chi connectivity index (χ1) is 11.5. The zero-order chi connectivity index (χ0) is 19.2. The molecule has 2 aliphatic rings.